The quantitative estimate of drug-likeness (QED) is 0.841. The van der Waals surface area contributed by atoms with Crippen molar-refractivity contribution < 1.29 is 12.9 Å². The summed E-state index contributed by atoms with van der Waals surface area (Å²) in [6.07, 6.45) is 2.14. The first-order chi connectivity index (χ1) is 7.28. The minimum atomic E-state index is -3.22. The maximum Gasteiger partial charge on any atom is 0.241 e. The molecule has 0 bridgehead atoms. The Morgan fingerprint density at radius 1 is 1.56 bits per heavy atom. The lowest BCUT2D eigenvalue weighted by Gasteiger charge is -1.96. The highest BCUT2D eigenvalue weighted by molar-refractivity contribution is 7.88. The van der Waals surface area contributed by atoms with Crippen LogP contribution < -0.4 is 4.72 Å². The Hall–Kier alpha value is -0.950. The van der Waals surface area contributed by atoms with E-state index in [4.69, 9.17) is 4.52 Å². The molecule has 1 N–H and O–H groups in total. The molecule has 0 unspecified atom stereocenters. The molecule has 1 aliphatic carbocycles. The van der Waals surface area contributed by atoms with Crippen molar-refractivity contribution in [3.05, 3.63) is 11.7 Å². The fourth-order valence-corrected chi connectivity index (χ4v) is 1.97. The predicted octanol–water partition coefficient (Wildman–Crippen LogP) is 0.632. The molecule has 0 saturated heterocycles. The number of aromatic nitrogens is 2. The van der Waals surface area contributed by atoms with Crippen LogP contribution in [0.2, 0.25) is 0 Å². The Morgan fingerprint density at radius 2 is 2.19 bits per heavy atom. The minimum Gasteiger partial charge on any atom is -0.338 e. The van der Waals surface area contributed by atoms with E-state index in [9.17, 15) is 8.42 Å². The van der Waals surface area contributed by atoms with Crippen molar-refractivity contribution in [2.24, 2.45) is 5.41 Å². The van der Waals surface area contributed by atoms with Gasteiger partial charge in [0.1, 0.15) is 0 Å². The van der Waals surface area contributed by atoms with Gasteiger partial charge in [-0.3, -0.25) is 0 Å². The van der Waals surface area contributed by atoms with Gasteiger partial charge in [0.2, 0.25) is 15.9 Å². The van der Waals surface area contributed by atoms with Crippen molar-refractivity contribution in [3.63, 3.8) is 0 Å². The molecular formula is C9H15N3O3S. The van der Waals surface area contributed by atoms with Gasteiger partial charge in [0, 0.05) is 5.92 Å². The second-order valence-electron chi connectivity index (χ2n) is 4.88. The topological polar surface area (TPSA) is 85.1 Å². The van der Waals surface area contributed by atoms with Gasteiger partial charge in [-0.05, 0) is 11.8 Å². The molecule has 0 spiro atoms. The normalized spacial score (nSPS) is 23.3. The number of hydrogen-bond donors (Lipinski definition) is 1. The van der Waals surface area contributed by atoms with Gasteiger partial charge in [-0.1, -0.05) is 19.0 Å². The van der Waals surface area contributed by atoms with Crippen LogP contribution in [0.25, 0.3) is 0 Å². The molecule has 2 rings (SSSR count). The monoisotopic (exact) mass is 245 g/mol. The van der Waals surface area contributed by atoms with Gasteiger partial charge in [0.25, 0.3) is 0 Å². The molecule has 0 radical (unpaired) electrons. The Bertz CT molecular complexity index is 492. The average molecular weight is 245 g/mol. The van der Waals surface area contributed by atoms with Crippen molar-refractivity contribution >= 4 is 10.0 Å². The second-order valence-corrected chi connectivity index (χ2v) is 6.72. The third-order valence-electron chi connectivity index (χ3n) is 2.79. The molecule has 0 amide bonds. The summed E-state index contributed by atoms with van der Waals surface area (Å²) in [6.45, 7) is 4.34. The fourth-order valence-electron chi connectivity index (χ4n) is 1.58. The summed E-state index contributed by atoms with van der Waals surface area (Å²) in [7, 11) is -3.22. The summed E-state index contributed by atoms with van der Waals surface area (Å²) in [5, 5.41) is 3.85. The van der Waals surface area contributed by atoms with Gasteiger partial charge in [-0.2, -0.15) is 4.98 Å². The zero-order valence-corrected chi connectivity index (χ0v) is 10.3. The standard InChI is InChI=1S/C9H15N3O3S/c1-9(2)4-6(9)8-11-7(15-12-8)5-10-16(3,13)14/h6,10H,4-5H2,1-3H3/t6-/m1/s1. The molecular weight excluding hydrogens is 230 g/mol. The number of hydrogen-bond acceptors (Lipinski definition) is 5. The van der Waals surface area contributed by atoms with Crippen molar-refractivity contribution in [3.8, 4) is 0 Å². The van der Waals surface area contributed by atoms with E-state index in [0.29, 0.717) is 17.6 Å². The Kier molecular flexibility index (Phi) is 2.54. The summed E-state index contributed by atoms with van der Waals surface area (Å²) in [6, 6.07) is 0. The van der Waals surface area contributed by atoms with E-state index in [0.717, 1.165) is 12.7 Å². The summed E-state index contributed by atoms with van der Waals surface area (Å²) in [5.41, 5.74) is 0.241. The van der Waals surface area contributed by atoms with Crippen LogP contribution in [0.5, 0.6) is 0 Å². The van der Waals surface area contributed by atoms with Crippen molar-refractivity contribution in [1.82, 2.24) is 14.9 Å². The summed E-state index contributed by atoms with van der Waals surface area (Å²) < 4.78 is 29.0. The van der Waals surface area contributed by atoms with Crippen LogP contribution in [0.4, 0.5) is 0 Å². The van der Waals surface area contributed by atoms with E-state index in [2.05, 4.69) is 28.7 Å². The number of nitrogens with zero attached hydrogens (tertiary/aromatic N) is 2. The maximum absolute atomic E-state index is 10.9. The van der Waals surface area contributed by atoms with Crippen LogP contribution in [0.15, 0.2) is 4.52 Å². The van der Waals surface area contributed by atoms with Gasteiger partial charge >= 0.3 is 0 Å². The van der Waals surface area contributed by atoms with Gasteiger partial charge in [-0.15, -0.1) is 0 Å². The van der Waals surface area contributed by atoms with E-state index < -0.39 is 10.0 Å². The SMILES string of the molecule is CC1(C)C[C@@H]1c1noc(CNS(C)(=O)=O)n1. The lowest BCUT2D eigenvalue weighted by molar-refractivity contribution is 0.369. The molecule has 6 nitrogen and oxygen atoms in total. The summed E-state index contributed by atoms with van der Waals surface area (Å²) in [5.74, 6) is 1.32. The van der Waals surface area contributed by atoms with Crippen LogP contribution in [0.3, 0.4) is 0 Å². The van der Waals surface area contributed by atoms with Crippen molar-refractivity contribution in [2.45, 2.75) is 32.7 Å². The number of nitrogens with one attached hydrogen (secondary N) is 1. The molecule has 1 aromatic rings. The van der Waals surface area contributed by atoms with Gasteiger partial charge in [0.05, 0.1) is 12.8 Å². The highest BCUT2D eigenvalue weighted by atomic mass is 32.2. The molecule has 1 atom stereocenters. The summed E-state index contributed by atoms with van der Waals surface area (Å²) in [4.78, 5) is 4.17. The molecule has 0 aliphatic heterocycles. The van der Waals surface area contributed by atoms with E-state index in [1.807, 2.05) is 0 Å². The average Bonchev–Trinajstić information content (AvgIpc) is 2.62. The van der Waals surface area contributed by atoms with Crippen molar-refractivity contribution in [1.29, 1.82) is 0 Å². The zero-order chi connectivity index (χ0) is 12.0. The van der Waals surface area contributed by atoms with E-state index in [1.165, 1.54) is 0 Å². The highest BCUT2D eigenvalue weighted by Gasteiger charge is 2.49. The van der Waals surface area contributed by atoms with Crippen LogP contribution in [-0.2, 0) is 16.6 Å². The second kappa shape index (κ2) is 3.53. The predicted molar refractivity (Wildman–Crippen MR) is 57.1 cm³/mol. The fraction of sp³-hybridized carbons (Fsp3) is 0.778. The third-order valence-corrected chi connectivity index (χ3v) is 3.46. The minimum absolute atomic E-state index is 0.0545. The molecule has 1 heterocycles. The first-order valence-electron chi connectivity index (χ1n) is 5.05. The third kappa shape index (κ3) is 2.59. The van der Waals surface area contributed by atoms with Crippen molar-refractivity contribution in [2.75, 3.05) is 6.26 Å². The smallest absolute Gasteiger partial charge is 0.241 e. The Labute approximate surface area is 94.5 Å². The van der Waals surface area contributed by atoms with E-state index >= 15 is 0 Å². The molecule has 1 aliphatic rings. The first kappa shape index (κ1) is 11.5. The first-order valence-corrected chi connectivity index (χ1v) is 6.94. The van der Waals surface area contributed by atoms with Gasteiger partial charge in [0.15, 0.2) is 5.82 Å². The molecule has 7 heteroatoms. The lowest BCUT2D eigenvalue weighted by atomic mass is 10.1. The Balaban J connectivity index is 1.99. The lowest BCUT2D eigenvalue weighted by Crippen LogP contribution is -2.21. The Morgan fingerprint density at radius 3 is 2.69 bits per heavy atom. The van der Waals surface area contributed by atoms with E-state index in [1.54, 1.807) is 0 Å². The van der Waals surface area contributed by atoms with E-state index in [-0.39, 0.29) is 12.0 Å². The largest absolute Gasteiger partial charge is 0.338 e. The molecule has 1 aromatic heterocycles. The molecule has 90 valence electrons. The molecule has 16 heavy (non-hydrogen) atoms. The van der Waals surface area contributed by atoms with Crippen LogP contribution in [0, 0.1) is 5.41 Å². The van der Waals surface area contributed by atoms with Crippen LogP contribution in [0.1, 0.15) is 37.9 Å². The van der Waals surface area contributed by atoms with Gasteiger partial charge < -0.3 is 4.52 Å². The molecule has 0 aromatic carbocycles. The molecule has 1 saturated carbocycles. The zero-order valence-electron chi connectivity index (χ0n) is 9.52. The molecule has 1 fully saturated rings. The number of sulfonamides is 1. The van der Waals surface area contributed by atoms with Crippen LogP contribution >= 0.6 is 0 Å². The number of rotatable bonds is 4. The maximum atomic E-state index is 10.9. The van der Waals surface area contributed by atoms with Crippen LogP contribution in [-0.4, -0.2) is 24.8 Å². The van der Waals surface area contributed by atoms with Gasteiger partial charge in [-0.25, -0.2) is 13.1 Å². The summed E-state index contributed by atoms with van der Waals surface area (Å²) >= 11 is 0. The highest BCUT2D eigenvalue weighted by Crippen LogP contribution is 2.57.